The van der Waals surface area contributed by atoms with Crippen LogP contribution in [0.3, 0.4) is 0 Å². The molecule has 0 aliphatic heterocycles. The number of hydrogen-bond donors (Lipinski definition) is 1. The smallest absolute Gasteiger partial charge is 0.122 e. The first-order valence-corrected chi connectivity index (χ1v) is 3.89. The molecule has 0 heterocycles. The Balaban J connectivity index is 2.40. The van der Waals surface area contributed by atoms with Crippen molar-refractivity contribution in [3.63, 3.8) is 0 Å². The zero-order valence-electron chi connectivity index (χ0n) is 2.94. The Kier molecular flexibility index (Phi) is 4.57. The summed E-state index contributed by atoms with van der Waals surface area (Å²) in [4.78, 5) is 0. The summed E-state index contributed by atoms with van der Waals surface area (Å²) in [5.74, 6) is 0. The molecule has 0 saturated carbocycles. The van der Waals surface area contributed by atoms with Crippen molar-refractivity contribution in [1.29, 1.82) is 0 Å². The van der Waals surface area contributed by atoms with E-state index in [-0.39, 0.29) is 0 Å². The van der Waals surface area contributed by atoms with E-state index < -0.39 is 0 Å². The highest BCUT2D eigenvalue weighted by Gasteiger charge is 1.66. The summed E-state index contributed by atoms with van der Waals surface area (Å²) in [6.07, 6.45) is 1.87. The number of thiol groups is 1. The Labute approximate surface area is 40.2 Å². The molecule has 0 atom stereocenters. The monoisotopic (exact) mass is 102 g/mol. The van der Waals surface area contributed by atoms with Crippen LogP contribution < -0.4 is 0 Å². The van der Waals surface area contributed by atoms with E-state index in [1.165, 1.54) is 0 Å². The molecule has 0 aliphatic rings. The second kappa shape index (κ2) is 4.31. The molecule has 0 aromatic carbocycles. The standard InChI is InChI=1S/C3H6SSi/c1-2-3-5-4/h2,4H,1,3H2. The molecule has 0 nitrogen and oxygen atoms in total. The molecule has 0 fully saturated rings. The highest BCUT2D eigenvalue weighted by atomic mass is 32.3. The Morgan fingerprint density at radius 1 is 2.00 bits per heavy atom. The highest BCUT2D eigenvalue weighted by Crippen LogP contribution is 1.77. The van der Waals surface area contributed by atoms with Gasteiger partial charge in [0.25, 0.3) is 0 Å². The maximum atomic E-state index is 3.96. The fraction of sp³-hybridized carbons (Fsp3) is 0.333. The van der Waals surface area contributed by atoms with Crippen LogP contribution in [0.4, 0.5) is 0 Å². The zero-order chi connectivity index (χ0) is 4.12. The van der Waals surface area contributed by atoms with E-state index in [2.05, 4.69) is 18.7 Å². The van der Waals surface area contributed by atoms with E-state index in [1.807, 2.05) is 6.08 Å². The minimum atomic E-state index is 0.734. The Morgan fingerprint density at radius 3 is 2.60 bits per heavy atom. The quantitative estimate of drug-likeness (QED) is 0.302. The molecule has 0 aromatic rings. The molecular formula is C3H6SSi. The molecule has 28 valence electrons. The van der Waals surface area contributed by atoms with Crippen LogP contribution in [0, 0.1) is 0 Å². The minimum Gasteiger partial charge on any atom is -0.206 e. The van der Waals surface area contributed by atoms with Crippen molar-refractivity contribution in [3.05, 3.63) is 12.7 Å². The van der Waals surface area contributed by atoms with Gasteiger partial charge in [-0.05, 0) is 6.04 Å². The lowest BCUT2D eigenvalue weighted by molar-refractivity contribution is 1.75. The van der Waals surface area contributed by atoms with Gasteiger partial charge in [-0.25, -0.2) is 12.1 Å². The molecule has 0 spiro atoms. The number of allylic oxidation sites excluding steroid dienone is 1. The average Bonchev–Trinajstić information content (AvgIpc) is 1.41. The van der Waals surface area contributed by atoms with E-state index in [0.29, 0.717) is 0 Å². The van der Waals surface area contributed by atoms with Gasteiger partial charge >= 0.3 is 0 Å². The second-order valence-electron chi connectivity index (χ2n) is 0.651. The van der Waals surface area contributed by atoms with Crippen LogP contribution in [0.15, 0.2) is 12.7 Å². The second-order valence-corrected chi connectivity index (χ2v) is 2.32. The SMILES string of the molecule is C=CC[Si]S. The van der Waals surface area contributed by atoms with Crippen molar-refractivity contribution in [2.24, 2.45) is 0 Å². The third-order valence-electron chi connectivity index (χ3n) is 0.236. The van der Waals surface area contributed by atoms with E-state index in [4.69, 9.17) is 0 Å². The molecule has 0 saturated heterocycles. The first kappa shape index (κ1) is 5.31. The summed E-state index contributed by atoms with van der Waals surface area (Å²) in [7, 11) is 0.734. The largest absolute Gasteiger partial charge is 0.206 e. The van der Waals surface area contributed by atoms with Gasteiger partial charge in [-0.2, -0.15) is 0 Å². The summed E-state index contributed by atoms with van der Waals surface area (Å²) in [6, 6.07) is 1.04. The maximum absolute atomic E-state index is 3.96. The lowest BCUT2D eigenvalue weighted by atomic mass is 10.8. The first-order valence-electron chi connectivity index (χ1n) is 1.39. The van der Waals surface area contributed by atoms with E-state index >= 15 is 0 Å². The fourth-order valence-corrected chi connectivity index (χ4v) is 0.581. The van der Waals surface area contributed by atoms with Gasteiger partial charge in [0.2, 0.25) is 0 Å². The Morgan fingerprint density at radius 2 is 2.60 bits per heavy atom. The number of hydrogen-bond acceptors (Lipinski definition) is 1. The molecule has 0 rings (SSSR count). The van der Waals surface area contributed by atoms with Gasteiger partial charge in [0, 0.05) is 0 Å². The van der Waals surface area contributed by atoms with E-state index in [9.17, 15) is 0 Å². The fourth-order valence-electron chi connectivity index (χ4n) is 0.0645. The summed E-state index contributed by atoms with van der Waals surface area (Å²) >= 11 is 3.96. The van der Waals surface area contributed by atoms with Gasteiger partial charge in [-0.15, -0.1) is 6.58 Å². The Bertz CT molecular complexity index is 28.1. The molecule has 0 aliphatic carbocycles. The lowest BCUT2D eigenvalue weighted by Crippen LogP contribution is -1.65. The molecule has 0 N–H and O–H groups in total. The van der Waals surface area contributed by atoms with Crippen molar-refractivity contribution < 1.29 is 0 Å². The first-order chi connectivity index (χ1) is 2.41. The predicted octanol–water partition coefficient (Wildman–Crippen LogP) is 1.14. The lowest BCUT2D eigenvalue weighted by Gasteiger charge is -1.69. The van der Waals surface area contributed by atoms with Crippen molar-refractivity contribution in [1.82, 2.24) is 0 Å². The van der Waals surface area contributed by atoms with Gasteiger partial charge < -0.3 is 0 Å². The molecule has 0 amide bonds. The topological polar surface area (TPSA) is 0 Å². The van der Waals surface area contributed by atoms with Crippen molar-refractivity contribution in [3.8, 4) is 0 Å². The summed E-state index contributed by atoms with van der Waals surface area (Å²) in [5, 5.41) is 0. The van der Waals surface area contributed by atoms with Gasteiger partial charge in [-0.3, -0.25) is 0 Å². The molecule has 0 bridgehead atoms. The van der Waals surface area contributed by atoms with Crippen molar-refractivity contribution in [2.45, 2.75) is 6.04 Å². The van der Waals surface area contributed by atoms with Gasteiger partial charge in [0.05, 0.1) is 0 Å². The van der Waals surface area contributed by atoms with E-state index in [1.54, 1.807) is 0 Å². The molecule has 0 unspecified atom stereocenters. The van der Waals surface area contributed by atoms with Gasteiger partial charge in [-0.1, -0.05) is 6.08 Å². The molecular weight excluding hydrogens is 96.2 g/mol. The van der Waals surface area contributed by atoms with Gasteiger partial charge in [0.1, 0.15) is 8.67 Å². The summed E-state index contributed by atoms with van der Waals surface area (Å²) in [6.45, 7) is 3.51. The van der Waals surface area contributed by atoms with Gasteiger partial charge in [0.15, 0.2) is 0 Å². The molecule has 2 heteroatoms. The molecule has 0 aromatic heterocycles. The summed E-state index contributed by atoms with van der Waals surface area (Å²) < 4.78 is 0. The predicted molar refractivity (Wildman–Crippen MR) is 29.7 cm³/mol. The highest BCUT2D eigenvalue weighted by molar-refractivity contribution is 8.06. The number of rotatable bonds is 2. The van der Waals surface area contributed by atoms with Crippen LogP contribution in [0.2, 0.25) is 6.04 Å². The van der Waals surface area contributed by atoms with Crippen LogP contribution in [0.1, 0.15) is 0 Å². The van der Waals surface area contributed by atoms with Crippen molar-refractivity contribution in [2.75, 3.05) is 0 Å². The molecule has 2 radical (unpaired) electrons. The normalized spacial score (nSPS) is 7.40. The summed E-state index contributed by atoms with van der Waals surface area (Å²) in [5.41, 5.74) is 0. The average molecular weight is 102 g/mol. The maximum Gasteiger partial charge on any atom is 0.122 e. The van der Waals surface area contributed by atoms with Crippen LogP contribution >= 0.6 is 12.1 Å². The van der Waals surface area contributed by atoms with E-state index in [0.717, 1.165) is 14.7 Å². The Hall–Kier alpha value is 0.307. The third kappa shape index (κ3) is 4.31. The zero-order valence-corrected chi connectivity index (χ0v) is 4.83. The van der Waals surface area contributed by atoms with Crippen LogP contribution in [-0.4, -0.2) is 8.67 Å². The molecule has 5 heavy (non-hydrogen) atoms. The third-order valence-corrected chi connectivity index (χ3v) is 1.25. The van der Waals surface area contributed by atoms with Crippen LogP contribution in [0.25, 0.3) is 0 Å². The van der Waals surface area contributed by atoms with Crippen LogP contribution in [-0.2, 0) is 0 Å². The van der Waals surface area contributed by atoms with Crippen LogP contribution in [0.5, 0.6) is 0 Å². The van der Waals surface area contributed by atoms with Crippen molar-refractivity contribution >= 4 is 20.7 Å². The minimum absolute atomic E-state index is 0.734.